The molecule has 0 radical (unpaired) electrons. The Bertz CT molecular complexity index is 596. The van der Waals surface area contributed by atoms with Gasteiger partial charge in [-0.15, -0.1) is 0 Å². The molecule has 8 heteroatoms. The molecule has 2 atom stereocenters. The highest BCUT2D eigenvalue weighted by atomic mass is 35.5. The van der Waals surface area contributed by atoms with Crippen LogP contribution in [0.2, 0.25) is 5.02 Å². The average molecular weight is 304 g/mol. The third kappa shape index (κ3) is 4.16. The van der Waals surface area contributed by atoms with Crippen molar-refractivity contribution < 1.29 is 13.5 Å². The molecule has 0 aliphatic rings. The standard InChI is InChI=1S/C11H14ClN3O3S/c1-7(16)10(14)6-15-19(17,18)11-4-8(5-13)2-3-9(11)12/h2-4,7,10,15-16H,6,14H2,1H3. The molecule has 0 amide bonds. The first-order valence-corrected chi connectivity index (χ1v) is 7.27. The molecule has 0 aliphatic carbocycles. The highest BCUT2D eigenvalue weighted by Crippen LogP contribution is 2.22. The number of rotatable bonds is 5. The molecule has 1 aromatic rings. The molecule has 0 heterocycles. The topological polar surface area (TPSA) is 116 Å². The van der Waals surface area contributed by atoms with Crippen molar-refractivity contribution in [3.63, 3.8) is 0 Å². The molecule has 4 N–H and O–H groups in total. The lowest BCUT2D eigenvalue weighted by molar-refractivity contribution is 0.164. The van der Waals surface area contributed by atoms with Crippen molar-refractivity contribution in [3.8, 4) is 6.07 Å². The fourth-order valence-corrected chi connectivity index (χ4v) is 2.83. The maximum absolute atomic E-state index is 12.0. The lowest BCUT2D eigenvalue weighted by Crippen LogP contribution is -2.43. The Morgan fingerprint density at radius 2 is 2.21 bits per heavy atom. The third-order valence-corrected chi connectivity index (χ3v) is 4.38. The lowest BCUT2D eigenvalue weighted by atomic mass is 10.2. The molecule has 0 bridgehead atoms. The van der Waals surface area contributed by atoms with E-state index in [0.29, 0.717) is 0 Å². The maximum Gasteiger partial charge on any atom is 0.242 e. The highest BCUT2D eigenvalue weighted by molar-refractivity contribution is 7.89. The van der Waals surface area contributed by atoms with Gasteiger partial charge in [0.15, 0.2) is 0 Å². The summed E-state index contributed by atoms with van der Waals surface area (Å²) in [7, 11) is -3.88. The second-order valence-corrected chi connectivity index (χ2v) is 6.16. The molecule has 19 heavy (non-hydrogen) atoms. The van der Waals surface area contributed by atoms with E-state index in [1.165, 1.54) is 25.1 Å². The van der Waals surface area contributed by atoms with E-state index in [1.807, 2.05) is 6.07 Å². The quantitative estimate of drug-likeness (QED) is 0.718. The van der Waals surface area contributed by atoms with E-state index in [-0.39, 0.29) is 22.0 Å². The number of nitriles is 1. The minimum atomic E-state index is -3.88. The predicted molar refractivity (Wildman–Crippen MR) is 71.0 cm³/mol. The van der Waals surface area contributed by atoms with Crippen LogP contribution in [0.15, 0.2) is 23.1 Å². The van der Waals surface area contributed by atoms with Crippen LogP contribution in [0.3, 0.4) is 0 Å². The van der Waals surface area contributed by atoms with E-state index < -0.39 is 22.2 Å². The number of aliphatic hydroxyl groups excluding tert-OH is 1. The molecular weight excluding hydrogens is 290 g/mol. The summed E-state index contributed by atoms with van der Waals surface area (Å²) in [6, 6.07) is 5.04. The lowest BCUT2D eigenvalue weighted by Gasteiger charge is -2.15. The van der Waals surface area contributed by atoms with Crippen molar-refractivity contribution >= 4 is 21.6 Å². The molecule has 1 rings (SSSR count). The van der Waals surface area contributed by atoms with Gasteiger partial charge in [0.1, 0.15) is 4.90 Å². The molecule has 0 spiro atoms. The maximum atomic E-state index is 12.0. The number of hydrogen-bond acceptors (Lipinski definition) is 5. The zero-order valence-corrected chi connectivity index (χ0v) is 11.7. The Kier molecular flexibility index (Phi) is 5.29. The summed E-state index contributed by atoms with van der Waals surface area (Å²) >= 11 is 5.81. The van der Waals surface area contributed by atoms with Crippen molar-refractivity contribution in [1.29, 1.82) is 5.26 Å². The van der Waals surface area contributed by atoms with Crippen molar-refractivity contribution in [1.82, 2.24) is 4.72 Å². The van der Waals surface area contributed by atoms with Gasteiger partial charge in [-0.25, -0.2) is 13.1 Å². The molecule has 6 nitrogen and oxygen atoms in total. The fraction of sp³-hybridized carbons (Fsp3) is 0.364. The van der Waals surface area contributed by atoms with E-state index in [4.69, 9.17) is 22.6 Å². The number of nitrogens with zero attached hydrogens (tertiary/aromatic N) is 1. The second kappa shape index (κ2) is 6.32. The van der Waals surface area contributed by atoms with Crippen molar-refractivity contribution in [2.75, 3.05) is 6.54 Å². The summed E-state index contributed by atoms with van der Waals surface area (Å²) in [6.07, 6.45) is -0.844. The zero-order chi connectivity index (χ0) is 14.6. The molecule has 0 saturated heterocycles. The molecule has 0 aromatic heterocycles. The largest absolute Gasteiger partial charge is 0.392 e. The van der Waals surface area contributed by atoms with Crippen LogP contribution in [0.5, 0.6) is 0 Å². The van der Waals surface area contributed by atoms with Gasteiger partial charge in [-0.2, -0.15) is 5.26 Å². The van der Waals surface area contributed by atoms with Crippen molar-refractivity contribution in [2.45, 2.75) is 24.0 Å². The summed E-state index contributed by atoms with van der Waals surface area (Å²) in [5.74, 6) is 0. The normalized spacial score (nSPS) is 14.7. The van der Waals surface area contributed by atoms with E-state index in [9.17, 15) is 13.5 Å². The number of aliphatic hydroxyl groups is 1. The van der Waals surface area contributed by atoms with Crippen LogP contribution < -0.4 is 10.5 Å². The van der Waals surface area contributed by atoms with Gasteiger partial charge in [0, 0.05) is 12.6 Å². The Morgan fingerprint density at radius 1 is 1.58 bits per heavy atom. The number of nitrogens with two attached hydrogens (primary N) is 1. The second-order valence-electron chi connectivity index (χ2n) is 4.01. The number of hydrogen-bond donors (Lipinski definition) is 3. The van der Waals surface area contributed by atoms with Gasteiger partial charge in [0.2, 0.25) is 10.0 Å². The number of halogens is 1. The molecule has 0 aliphatic heterocycles. The summed E-state index contributed by atoms with van der Waals surface area (Å²) in [5, 5.41) is 18.0. The first kappa shape index (κ1) is 15.9. The predicted octanol–water partition coefficient (Wildman–Crippen LogP) is 0.198. The zero-order valence-electron chi connectivity index (χ0n) is 10.2. The first-order valence-electron chi connectivity index (χ1n) is 5.41. The van der Waals surface area contributed by atoms with Gasteiger partial charge in [-0.3, -0.25) is 0 Å². The molecule has 1 aromatic carbocycles. The fourth-order valence-electron chi connectivity index (χ4n) is 1.23. The monoisotopic (exact) mass is 303 g/mol. The van der Waals surface area contributed by atoms with Gasteiger partial charge < -0.3 is 10.8 Å². The van der Waals surface area contributed by atoms with Crippen LogP contribution in [0, 0.1) is 11.3 Å². The van der Waals surface area contributed by atoms with Gasteiger partial charge >= 0.3 is 0 Å². The molecule has 0 saturated carbocycles. The van der Waals surface area contributed by atoms with Crippen LogP contribution in [-0.4, -0.2) is 32.2 Å². The number of nitrogens with one attached hydrogen (secondary N) is 1. The van der Waals surface area contributed by atoms with Crippen LogP contribution in [0.1, 0.15) is 12.5 Å². The Morgan fingerprint density at radius 3 is 2.74 bits per heavy atom. The van der Waals surface area contributed by atoms with Crippen LogP contribution in [0.25, 0.3) is 0 Å². The van der Waals surface area contributed by atoms with Crippen LogP contribution in [-0.2, 0) is 10.0 Å². The SMILES string of the molecule is CC(O)C(N)CNS(=O)(=O)c1cc(C#N)ccc1Cl. The number of benzene rings is 1. The molecular formula is C11H14ClN3O3S. The van der Waals surface area contributed by atoms with E-state index in [0.717, 1.165) is 0 Å². The van der Waals surface area contributed by atoms with Gasteiger partial charge in [0.05, 0.1) is 22.8 Å². The summed E-state index contributed by atoms with van der Waals surface area (Å²) in [4.78, 5) is -0.189. The smallest absolute Gasteiger partial charge is 0.242 e. The van der Waals surface area contributed by atoms with E-state index in [1.54, 1.807) is 0 Å². The molecule has 2 unspecified atom stereocenters. The molecule has 0 fully saturated rings. The van der Waals surface area contributed by atoms with Crippen molar-refractivity contribution in [2.24, 2.45) is 5.73 Å². The summed E-state index contributed by atoms with van der Waals surface area (Å²) in [6.45, 7) is 1.33. The first-order chi connectivity index (χ1) is 8.77. The Hall–Kier alpha value is -1.17. The minimum absolute atomic E-state index is 0.0112. The van der Waals surface area contributed by atoms with Gasteiger partial charge in [-0.05, 0) is 25.1 Å². The van der Waals surface area contributed by atoms with E-state index in [2.05, 4.69) is 4.72 Å². The van der Waals surface area contributed by atoms with Gasteiger partial charge in [0.25, 0.3) is 0 Å². The van der Waals surface area contributed by atoms with Gasteiger partial charge in [-0.1, -0.05) is 11.6 Å². The Balaban J connectivity index is 2.98. The average Bonchev–Trinajstić information content (AvgIpc) is 2.36. The highest BCUT2D eigenvalue weighted by Gasteiger charge is 2.20. The van der Waals surface area contributed by atoms with Crippen LogP contribution >= 0.6 is 11.6 Å². The minimum Gasteiger partial charge on any atom is -0.392 e. The van der Waals surface area contributed by atoms with E-state index >= 15 is 0 Å². The third-order valence-electron chi connectivity index (χ3n) is 2.48. The van der Waals surface area contributed by atoms with Crippen LogP contribution in [0.4, 0.5) is 0 Å². The summed E-state index contributed by atoms with van der Waals surface area (Å²) < 4.78 is 26.3. The molecule has 104 valence electrons. The Labute approximate surface area is 116 Å². The van der Waals surface area contributed by atoms with Crippen molar-refractivity contribution in [3.05, 3.63) is 28.8 Å². The number of sulfonamides is 1. The summed E-state index contributed by atoms with van der Waals surface area (Å²) in [5.41, 5.74) is 5.72.